The Kier molecular flexibility index (Phi) is 5.21. The lowest BCUT2D eigenvalue weighted by atomic mass is 10.00. The van der Waals surface area contributed by atoms with Crippen LogP contribution in [-0.4, -0.2) is 25.5 Å². The van der Waals surface area contributed by atoms with Crippen LogP contribution >= 0.6 is 0 Å². The molecule has 3 nitrogen and oxygen atoms in total. The molecule has 0 fully saturated rings. The molecule has 2 aromatic rings. The molecule has 0 saturated heterocycles. The molecule has 0 bridgehead atoms. The SMILES string of the molecule is Cc1cc(C)c(CNCC(c2ccco2)N(C)C)c(C)c1. The van der Waals surface area contributed by atoms with Gasteiger partial charge in [-0.15, -0.1) is 0 Å². The Morgan fingerprint density at radius 3 is 2.33 bits per heavy atom. The number of likely N-dealkylation sites (N-methyl/N-ethyl adjacent to an activating group) is 1. The van der Waals surface area contributed by atoms with Gasteiger partial charge in [0.25, 0.3) is 0 Å². The molecule has 0 aliphatic rings. The molecular weight excluding hydrogens is 260 g/mol. The Balaban J connectivity index is 2.00. The van der Waals surface area contributed by atoms with E-state index in [9.17, 15) is 0 Å². The van der Waals surface area contributed by atoms with E-state index in [0.29, 0.717) is 0 Å². The lowest BCUT2D eigenvalue weighted by Crippen LogP contribution is -2.30. The molecule has 1 heterocycles. The number of furan rings is 1. The highest BCUT2D eigenvalue weighted by molar-refractivity contribution is 5.37. The van der Waals surface area contributed by atoms with Gasteiger partial charge in [0.1, 0.15) is 5.76 Å². The molecule has 1 aromatic carbocycles. The van der Waals surface area contributed by atoms with Crippen molar-refractivity contribution < 1.29 is 4.42 Å². The van der Waals surface area contributed by atoms with Crippen LogP contribution in [0.2, 0.25) is 0 Å². The molecule has 0 saturated carbocycles. The van der Waals surface area contributed by atoms with E-state index in [-0.39, 0.29) is 6.04 Å². The van der Waals surface area contributed by atoms with Gasteiger partial charge in [0.05, 0.1) is 12.3 Å². The Bertz CT molecular complexity index is 550. The molecule has 1 atom stereocenters. The van der Waals surface area contributed by atoms with Crippen LogP contribution < -0.4 is 5.32 Å². The van der Waals surface area contributed by atoms with E-state index in [2.05, 4.69) is 57.2 Å². The van der Waals surface area contributed by atoms with Crippen LogP contribution in [0.1, 0.15) is 34.1 Å². The lowest BCUT2D eigenvalue weighted by molar-refractivity contribution is 0.250. The highest BCUT2D eigenvalue weighted by Gasteiger charge is 2.16. The van der Waals surface area contributed by atoms with Crippen molar-refractivity contribution in [1.29, 1.82) is 0 Å². The zero-order chi connectivity index (χ0) is 15.4. The molecule has 0 amide bonds. The minimum absolute atomic E-state index is 0.256. The van der Waals surface area contributed by atoms with Crippen molar-refractivity contribution in [3.05, 3.63) is 58.5 Å². The number of hydrogen-bond donors (Lipinski definition) is 1. The Hall–Kier alpha value is -1.58. The van der Waals surface area contributed by atoms with Crippen molar-refractivity contribution in [3.63, 3.8) is 0 Å². The number of benzene rings is 1. The third-order valence-corrected chi connectivity index (χ3v) is 3.97. The van der Waals surface area contributed by atoms with Gasteiger partial charge >= 0.3 is 0 Å². The smallest absolute Gasteiger partial charge is 0.122 e. The van der Waals surface area contributed by atoms with Gasteiger partial charge in [-0.3, -0.25) is 4.90 Å². The van der Waals surface area contributed by atoms with Crippen LogP contribution in [0.15, 0.2) is 34.9 Å². The molecule has 2 rings (SSSR count). The molecule has 1 aromatic heterocycles. The minimum atomic E-state index is 0.256. The predicted octanol–water partition coefficient (Wildman–Crippen LogP) is 3.60. The summed E-state index contributed by atoms with van der Waals surface area (Å²) >= 11 is 0. The number of rotatable bonds is 6. The summed E-state index contributed by atoms with van der Waals surface area (Å²) in [5, 5.41) is 3.57. The van der Waals surface area contributed by atoms with Gasteiger partial charge in [0.2, 0.25) is 0 Å². The maximum atomic E-state index is 5.54. The second-order valence-electron chi connectivity index (χ2n) is 6.00. The van der Waals surface area contributed by atoms with Crippen molar-refractivity contribution in [2.75, 3.05) is 20.6 Å². The number of nitrogens with zero attached hydrogens (tertiary/aromatic N) is 1. The van der Waals surface area contributed by atoms with E-state index < -0.39 is 0 Å². The van der Waals surface area contributed by atoms with E-state index >= 15 is 0 Å². The van der Waals surface area contributed by atoms with Gasteiger partial charge in [-0.25, -0.2) is 0 Å². The molecular formula is C18H26N2O. The fourth-order valence-electron chi connectivity index (χ4n) is 2.84. The monoisotopic (exact) mass is 286 g/mol. The van der Waals surface area contributed by atoms with Crippen LogP contribution in [0.5, 0.6) is 0 Å². The molecule has 0 radical (unpaired) electrons. The zero-order valence-corrected chi connectivity index (χ0v) is 13.7. The average Bonchev–Trinajstić information content (AvgIpc) is 2.89. The summed E-state index contributed by atoms with van der Waals surface area (Å²) in [4.78, 5) is 2.18. The number of nitrogens with one attached hydrogen (secondary N) is 1. The van der Waals surface area contributed by atoms with Crippen molar-refractivity contribution in [1.82, 2.24) is 10.2 Å². The van der Waals surface area contributed by atoms with Gasteiger partial charge < -0.3 is 9.73 Å². The van der Waals surface area contributed by atoms with Gasteiger partial charge in [0, 0.05) is 13.1 Å². The molecule has 21 heavy (non-hydrogen) atoms. The van der Waals surface area contributed by atoms with Crippen LogP contribution in [0.25, 0.3) is 0 Å². The summed E-state index contributed by atoms with van der Waals surface area (Å²) in [6, 6.07) is 8.74. The van der Waals surface area contributed by atoms with E-state index in [1.807, 2.05) is 12.1 Å². The molecule has 0 spiro atoms. The largest absolute Gasteiger partial charge is 0.468 e. The molecule has 0 aliphatic carbocycles. The molecule has 114 valence electrons. The summed E-state index contributed by atoms with van der Waals surface area (Å²) in [6.07, 6.45) is 1.74. The average molecular weight is 286 g/mol. The summed E-state index contributed by atoms with van der Waals surface area (Å²) in [5.41, 5.74) is 5.45. The highest BCUT2D eigenvalue weighted by atomic mass is 16.3. The minimum Gasteiger partial charge on any atom is -0.468 e. The van der Waals surface area contributed by atoms with Crippen LogP contribution in [0.4, 0.5) is 0 Å². The topological polar surface area (TPSA) is 28.4 Å². The first-order chi connectivity index (χ1) is 9.99. The van der Waals surface area contributed by atoms with Gasteiger partial charge in [-0.05, 0) is 63.7 Å². The van der Waals surface area contributed by atoms with Gasteiger partial charge in [-0.1, -0.05) is 17.7 Å². The first-order valence-electron chi connectivity index (χ1n) is 7.46. The van der Waals surface area contributed by atoms with E-state index in [1.165, 1.54) is 22.3 Å². The normalized spacial score (nSPS) is 12.9. The van der Waals surface area contributed by atoms with Crippen LogP contribution in [0, 0.1) is 20.8 Å². The predicted molar refractivity (Wildman–Crippen MR) is 87.5 cm³/mol. The summed E-state index contributed by atoms with van der Waals surface area (Å²) in [6.45, 7) is 8.28. The molecule has 1 unspecified atom stereocenters. The van der Waals surface area contributed by atoms with Crippen molar-refractivity contribution in [3.8, 4) is 0 Å². The number of aryl methyl sites for hydroxylation is 3. The van der Waals surface area contributed by atoms with Crippen molar-refractivity contribution in [2.24, 2.45) is 0 Å². The van der Waals surface area contributed by atoms with Gasteiger partial charge in [0.15, 0.2) is 0 Å². The molecule has 1 N–H and O–H groups in total. The highest BCUT2D eigenvalue weighted by Crippen LogP contribution is 2.19. The van der Waals surface area contributed by atoms with E-state index in [4.69, 9.17) is 4.42 Å². The zero-order valence-electron chi connectivity index (χ0n) is 13.7. The molecule has 3 heteroatoms. The second-order valence-corrected chi connectivity index (χ2v) is 6.00. The Labute approximate surface area is 128 Å². The van der Waals surface area contributed by atoms with E-state index in [0.717, 1.165) is 18.8 Å². The fraction of sp³-hybridized carbons (Fsp3) is 0.444. The number of hydrogen-bond acceptors (Lipinski definition) is 3. The van der Waals surface area contributed by atoms with Crippen LogP contribution in [0.3, 0.4) is 0 Å². The molecule has 0 aliphatic heterocycles. The van der Waals surface area contributed by atoms with E-state index in [1.54, 1.807) is 6.26 Å². The summed E-state index contributed by atoms with van der Waals surface area (Å²) in [7, 11) is 4.16. The fourth-order valence-corrected chi connectivity index (χ4v) is 2.84. The summed E-state index contributed by atoms with van der Waals surface area (Å²) < 4.78 is 5.54. The first kappa shape index (κ1) is 15.8. The Morgan fingerprint density at radius 2 is 1.81 bits per heavy atom. The van der Waals surface area contributed by atoms with Crippen molar-refractivity contribution in [2.45, 2.75) is 33.4 Å². The standard InChI is InChI=1S/C18H26N2O/c1-13-9-14(2)16(15(3)10-13)11-19-12-17(20(4)5)18-7-6-8-21-18/h6-10,17,19H,11-12H2,1-5H3. The third-order valence-electron chi connectivity index (χ3n) is 3.97. The second kappa shape index (κ2) is 6.92. The maximum absolute atomic E-state index is 5.54. The van der Waals surface area contributed by atoms with Gasteiger partial charge in [-0.2, -0.15) is 0 Å². The maximum Gasteiger partial charge on any atom is 0.122 e. The summed E-state index contributed by atoms with van der Waals surface area (Å²) in [5.74, 6) is 1.00. The van der Waals surface area contributed by atoms with Crippen molar-refractivity contribution >= 4 is 0 Å². The first-order valence-corrected chi connectivity index (χ1v) is 7.46. The third kappa shape index (κ3) is 3.96. The lowest BCUT2D eigenvalue weighted by Gasteiger charge is -2.23. The quantitative estimate of drug-likeness (QED) is 0.879. The van der Waals surface area contributed by atoms with Crippen LogP contribution in [-0.2, 0) is 6.54 Å². The Morgan fingerprint density at radius 1 is 1.14 bits per heavy atom.